The third kappa shape index (κ3) is 4.52. The third-order valence-electron chi connectivity index (χ3n) is 3.17. The molecule has 0 aliphatic rings. The number of nitrogens with zero attached hydrogens (tertiary/aromatic N) is 2. The molecule has 2 aromatic rings. The fourth-order valence-corrected chi connectivity index (χ4v) is 1.94. The van der Waals surface area contributed by atoms with E-state index < -0.39 is 5.41 Å². The highest BCUT2D eigenvalue weighted by Gasteiger charge is 2.22. The summed E-state index contributed by atoms with van der Waals surface area (Å²) in [6, 6.07) is 4.87. The molecule has 0 spiro atoms. The summed E-state index contributed by atoms with van der Waals surface area (Å²) in [6.07, 6.45) is 2.93. The van der Waals surface area contributed by atoms with Crippen LogP contribution >= 0.6 is 11.6 Å². The Hall–Kier alpha value is -2.47. The lowest BCUT2D eigenvalue weighted by Gasteiger charge is -2.18. The Bertz CT molecular complexity index is 767. The molecule has 0 unspecified atom stereocenters. The van der Waals surface area contributed by atoms with E-state index in [0.717, 1.165) is 5.69 Å². The van der Waals surface area contributed by atoms with Crippen molar-refractivity contribution in [3.63, 3.8) is 0 Å². The summed E-state index contributed by atoms with van der Waals surface area (Å²) >= 11 is 6.18. The predicted octanol–water partition coefficient (Wildman–Crippen LogP) is 3.68. The molecular formula is C17H19ClN4O2. The second kappa shape index (κ2) is 6.97. The minimum Gasteiger partial charge on any atom is -0.324 e. The maximum atomic E-state index is 12.1. The first kappa shape index (κ1) is 17.9. The van der Waals surface area contributed by atoms with Crippen LogP contribution in [0, 0.1) is 12.3 Å². The molecule has 6 nitrogen and oxygen atoms in total. The van der Waals surface area contributed by atoms with Crippen LogP contribution in [-0.4, -0.2) is 21.8 Å². The molecule has 7 heteroatoms. The number of carbonyl (C=O) groups excluding carboxylic acids is 2. The molecule has 1 heterocycles. The van der Waals surface area contributed by atoms with Gasteiger partial charge in [-0.1, -0.05) is 32.4 Å². The van der Waals surface area contributed by atoms with E-state index >= 15 is 0 Å². The van der Waals surface area contributed by atoms with Crippen LogP contribution in [0.1, 0.15) is 37.0 Å². The lowest BCUT2D eigenvalue weighted by Crippen LogP contribution is -2.27. The zero-order valence-electron chi connectivity index (χ0n) is 14.0. The van der Waals surface area contributed by atoms with Crippen LogP contribution in [0.15, 0.2) is 30.6 Å². The maximum Gasteiger partial charge on any atom is 0.275 e. The molecule has 0 aliphatic heterocycles. The lowest BCUT2D eigenvalue weighted by atomic mass is 9.95. The average molecular weight is 347 g/mol. The van der Waals surface area contributed by atoms with Gasteiger partial charge in [0, 0.05) is 17.3 Å². The molecule has 0 bridgehead atoms. The highest BCUT2D eigenvalue weighted by atomic mass is 35.5. The van der Waals surface area contributed by atoms with Crippen LogP contribution in [0.2, 0.25) is 5.02 Å². The van der Waals surface area contributed by atoms with Gasteiger partial charge in [-0.15, -0.1) is 0 Å². The highest BCUT2D eigenvalue weighted by molar-refractivity contribution is 6.34. The van der Waals surface area contributed by atoms with Gasteiger partial charge in [-0.3, -0.25) is 14.6 Å². The van der Waals surface area contributed by atoms with E-state index in [1.807, 2.05) is 20.8 Å². The molecule has 0 saturated heterocycles. The number of anilines is 2. The monoisotopic (exact) mass is 346 g/mol. The van der Waals surface area contributed by atoms with E-state index in [4.69, 9.17) is 11.6 Å². The van der Waals surface area contributed by atoms with Crippen molar-refractivity contribution < 1.29 is 9.59 Å². The molecule has 2 amide bonds. The molecule has 0 fully saturated rings. The SMILES string of the molecule is Cc1cnc(C(=O)Nc2ccc(NC(=O)C(C)(C)C)c(Cl)c2)cn1. The normalized spacial score (nSPS) is 11.0. The van der Waals surface area contributed by atoms with Crippen molar-refractivity contribution in [1.29, 1.82) is 0 Å². The predicted molar refractivity (Wildman–Crippen MR) is 94.3 cm³/mol. The van der Waals surface area contributed by atoms with Crippen molar-refractivity contribution in [2.24, 2.45) is 5.41 Å². The average Bonchev–Trinajstić information content (AvgIpc) is 2.49. The molecule has 1 aromatic carbocycles. The number of amides is 2. The lowest BCUT2D eigenvalue weighted by molar-refractivity contribution is -0.123. The van der Waals surface area contributed by atoms with Crippen LogP contribution in [0.3, 0.4) is 0 Å². The van der Waals surface area contributed by atoms with E-state index in [1.54, 1.807) is 25.1 Å². The number of benzene rings is 1. The number of nitrogens with one attached hydrogen (secondary N) is 2. The fourth-order valence-electron chi connectivity index (χ4n) is 1.71. The summed E-state index contributed by atoms with van der Waals surface area (Å²) in [7, 11) is 0. The molecule has 0 radical (unpaired) electrons. The van der Waals surface area contributed by atoms with Gasteiger partial charge in [-0.2, -0.15) is 0 Å². The summed E-state index contributed by atoms with van der Waals surface area (Å²) in [6.45, 7) is 7.23. The van der Waals surface area contributed by atoms with Gasteiger partial charge < -0.3 is 10.6 Å². The minimum atomic E-state index is -0.527. The Morgan fingerprint density at radius 3 is 2.33 bits per heavy atom. The van der Waals surface area contributed by atoms with Gasteiger partial charge in [0.2, 0.25) is 5.91 Å². The summed E-state index contributed by atoms with van der Waals surface area (Å²) in [5.41, 5.74) is 1.40. The number of halogens is 1. The van der Waals surface area contributed by atoms with E-state index in [0.29, 0.717) is 16.4 Å². The Balaban J connectivity index is 2.10. The molecule has 2 N–H and O–H groups in total. The largest absolute Gasteiger partial charge is 0.324 e. The van der Waals surface area contributed by atoms with Gasteiger partial charge in [-0.25, -0.2) is 4.98 Å². The quantitative estimate of drug-likeness (QED) is 0.888. The highest BCUT2D eigenvalue weighted by Crippen LogP contribution is 2.27. The number of aryl methyl sites for hydroxylation is 1. The molecule has 0 aliphatic carbocycles. The maximum absolute atomic E-state index is 12.1. The van der Waals surface area contributed by atoms with Crippen LogP contribution in [0.5, 0.6) is 0 Å². The molecule has 24 heavy (non-hydrogen) atoms. The first-order valence-electron chi connectivity index (χ1n) is 7.38. The second-order valence-electron chi connectivity index (χ2n) is 6.40. The molecule has 126 valence electrons. The van der Waals surface area contributed by atoms with Gasteiger partial charge in [0.1, 0.15) is 5.69 Å². The van der Waals surface area contributed by atoms with Crippen LogP contribution in [0.25, 0.3) is 0 Å². The van der Waals surface area contributed by atoms with E-state index in [9.17, 15) is 9.59 Å². The molecular weight excluding hydrogens is 328 g/mol. The summed E-state index contributed by atoms with van der Waals surface area (Å²) in [4.78, 5) is 32.2. The number of aromatic nitrogens is 2. The standard InChI is InChI=1S/C17H19ClN4O2/c1-10-8-20-14(9-19-10)15(23)21-11-5-6-13(12(18)7-11)22-16(24)17(2,3)4/h5-9H,1-4H3,(H,21,23)(H,22,24). The molecule has 1 aromatic heterocycles. The van der Waals surface area contributed by atoms with E-state index in [-0.39, 0.29) is 17.5 Å². The first-order valence-corrected chi connectivity index (χ1v) is 7.75. The van der Waals surface area contributed by atoms with Gasteiger partial charge >= 0.3 is 0 Å². The van der Waals surface area contributed by atoms with Crippen molar-refractivity contribution in [1.82, 2.24) is 9.97 Å². The van der Waals surface area contributed by atoms with Crippen molar-refractivity contribution in [3.8, 4) is 0 Å². The summed E-state index contributed by atoms with van der Waals surface area (Å²) in [5, 5.41) is 5.79. The zero-order valence-corrected chi connectivity index (χ0v) is 14.7. The van der Waals surface area contributed by atoms with E-state index in [1.165, 1.54) is 12.4 Å². The molecule has 2 rings (SSSR count). The summed E-state index contributed by atoms with van der Waals surface area (Å²) < 4.78 is 0. The number of hydrogen-bond acceptors (Lipinski definition) is 4. The Kier molecular flexibility index (Phi) is 5.19. The third-order valence-corrected chi connectivity index (χ3v) is 3.48. The van der Waals surface area contributed by atoms with Crippen molar-refractivity contribution in [2.45, 2.75) is 27.7 Å². The Morgan fingerprint density at radius 2 is 1.79 bits per heavy atom. The molecule has 0 atom stereocenters. The van der Waals surface area contributed by atoms with Crippen LogP contribution in [0.4, 0.5) is 11.4 Å². The summed E-state index contributed by atoms with van der Waals surface area (Å²) in [5.74, 6) is -0.527. The van der Waals surface area contributed by atoms with Crippen molar-refractivity contribution >= 4 is 34.8 Å². The van der Waals surface area contributed by atoms with Gasteiger partial charge in [-0.05, 0) is 25.1 Å². The van der Waals surface area contributed by atoms with Crippen molar-refractivity contribution in [2.75, 3.05) is 10.6 Å². The van der Waals surface area contributed by atoms with E-state index in [2.05, 4.69) is 20.6 Å². The number of carbonyl (C=O) groups is 2. The van der Waals surface area contributed by atoms with Gasteiger partial charge in [0.05, 0.1) is 22.6 Å². The minimum absolute atomic E-state index is 0.142. The van der Waals surface area contributed by atoms with Gasteiger partial charge in [0.15, 0.2) is 0 Å². The number of rotatable bonds is 3. The zero-order chi connectivity index (χ0) is 17.9. The Labute approximate surface area is 145 Å². The molecule has 0 saturated carbocycles. The Morgan fingerprint density at radius 1 is 1.08 bits per heavy atom. The first-order chi connectivity index (χ1) is 11.2. The van der Waals surface area contributed by atoms with Crippen LogP contribution in [-0.2, 0) is 4.79 Å². The van der Waals surface area contributed by atoms with Crippen molar-refractivity contribution in [3.05, 3.63) is 47.0 Å². The second-order valence-corrected chi connectivity index (χ2v) is 6.80. The smallest absolute Gasteiger partial charge is 0.275 e. The number of hydrogen-bond donors (Lipinski definition) is 2. The topological polar surface area (TPSA) is 84.0 Å². The van der Waals surface area contributed by atoms with Crippen LogP contribution < -0.4 is 10.6 Å². The van der Waals surface area contributed by atoms with Gasteiger partial charge in [0.25, 0.3) is 5.91 Å². The fraction of sp³-hybridized carbons (Fsp3) is 0.294.